The van der Waals surface area contributed by atoms with Crippen LogP contribution in [0.3, 0.4) is 0 Å². The van der Waals surface area contributed by atoms with Gasteiger partial charge in [0.2, 0.25) is 0 Å². The fourth-order valence-electron chi connectivity index (χ4n) is 4.70. The van der Waals surface area contributed by atoms with Gasteiger partial charge in [-0.1, -0.05) is 30.3 Å². The van der Waals surface area contributed by atoms with Crippen molar-refractivity contribution in [3.8, 4) is 11.4 Å². The van der Waals surface area contributed by atoms with Gasteiger partial charge >= 0.3 is 0 Å². The molecule has 5 rings (SSSR count). The van der Waals surface area contributed by atoms with E-state index in [9.17, 15) is 0 Å². The Bertz CT molecular complexity index is 961. The topological polar surface area (TPSA) is 50.1 Å². The molecule has 1 aliphatic carbocycles. The van der Waals surface area contributed by atoms with E-state index in [0.29, 0.717) is 6.04 Å². The second-order valence-electron chi connectivity index (χ2n) is 8.45. The van der Waals surface area contributed by atoms with E-state index in [1.54, 1.807) is 0 Å². The van der Waals surface area contributed by atoms with Crippen molar-refractivity contribution < 1.29 is 0 Å². The molecule has 1 aliphatic heterocycles. The van der Waals surface area contributed by atoms with Gasteiger partial charge in [0.15, 0.2) is 5.82 Å². The predicted molar refractivity (Wildman–Crippen MR) is 120 cm³/mol. The number of hydrogen-bond donors (Lipinski definition) is 0. The zero-order chi connectivity index (χ0) is 20.3. The minimum atomic E-state index is 0.562. The highest BCUT2D eigenvalue weighted by Crippen LogP contribution is 2.32. The van der Waals surface area contributed by atoms with Gasteiger partial charge in [-0.2, -0.15) is 5.10 Å². The standard InChI is InChI=1S/C24H30N6/c1-19(11-14-30-13-6-12-25-30)28-15-17-29(18-16-28)24-21-9-5-10-22(21)26-23(27-24)20-7-3-2-4-8-20/h2-4,6-8,12-13,19H,5,9-11,14-18H2,1H3. The summed E-state index contributed by atoms with van der Waals surface area (Å²) in [6, 6.07) is 13.0. The van der Waals surface area contributed by atoms with Gasteiger partial charge in [-0.3, -0.25) is 9.58 Å². The molecule has 0 saturated carbocycles. The van der Waals surface area contributed by atoms with Gasteiger partial charge in [0, 0.05) is 68.0 Å². The van der Waals surface area contributed by atoms with Crippen molar-refractivity contribution in [2.75, 3.05) is 31.1 Å². The summed E-state index contributed by atoms with van der Waals surface area (Å²) in [5.41, 5.74) is 3.75. The lowest BCUT2D eigenvalue weighted by atomic mass is 10.1. The molecule has 1 atom stereocenters. The average Bonchev–Trinajstić information content (AvgIpc) is 3.49. The highest BCUT2D eigenvalue weighted by Gasteiger charge is 2.27. The van der Waals surface area contributed by atoms with Crippen molar-refractivity contribution in [1.82, 2.24) is 24.6 Å². The van der Waals surface area contributed by atoms with Crippen molar-refractivity contribution in [2.45, 2.75) is 45.2 Å². The maximum atomic E-state index is 5.06. The molecule has 1 saturated heterocycles. The number of aryl methyl sites for hydroxylation is 2. The minimum absolute atomic E-state index is 0.562. The summed E-state index contributed by atoms with van der Waals surface area (Å²) in [7, 11) is 0. The molecule has 0 N–H and O–H groups in total. The number of nitrogens with zero attached hydrogens (tertiary/aromatic N) is 6. The lowest BCUT2D eigenvalue weighted by molar-refractivity contribution is 0.182. The van der Waals surface area contributed by atoms with E-state index in [2.05, 4.69) is 46.1 Å². The predicted octanol–water partition coefficient (Wildman–Crippen LogP) is 3.43. The van der Waals surface area contributed by atoms with Crippen LogP contribution in [0.4, 0.5) is 5.82 Å². The third-order valence-electron chi connectivity index (χ3n) is 6.52. The van der Waals surface area contributed by atoms with Crippen LogP contribution in [0.15, 0.2) is 48.8 Å². The number of rotatable bonds is 6. The SMILES string of the molecule is CC(CCn1cccn1)N1CCN(c2nc(-c3ccccc3)nc3c2CCC3)CC1. The molecule has 0 amide bonds. The summed E-state index contributed by atoms with van der Waals surface area (Å²) >= 11 is 0. The molecular formula is C24H30N6. The Hall–Kier alpha value is -2.73. The third kappa shape index (κ3) is 3.97. The number of benzene rings is 1. The molecule has 0 spiro atoms. The molecule has 6 nitrogen and oxygen atoms in total. The van der Waals surface area contributed by atoms with E-state index >= 15 is 0 Å². The average molecular weight is 403 g/mol. The van der Waals surface area contributed by atoms with Gasteiger partial charge in [-0.05, 0) is 38.7 Å². The second-order valence-corrected chi connectivity index (χ2v) is 8.45. The van der Waals surface area contributed by atoms with E-state index in [4.69, 9.17) is 9.97 Å². The molecule has 1 unspecified atom stereocenters. The highest BCUT2D eigenvalue weighted by atomic mass is 15.3. The Labute approximate surface area is 178 Å². The normalized spacial score (nSPS) is 17.8. The maximum Gasteiger partial charge on any atom is 0.161 e. The van der Waals surface area contributed by atoms with Crippen LogP contribution >= 0.6 is 0 Å². The second kappa shape index (κ2) is 8.56. The van der Waals surface area contributed by atoms with Gasteiger partial charge in [0.05, 0.1) is 0 Å². The van der Waals surface area contributed by atoms with Crippen molar-refractivity contribution in [3.05, 3.63) is 60.0 Å². The van der Waals surface area contributed by atoms with Gasteiger partial charge < -0.3 is 4.90 Å². The van der Waals surface area contributed by atoms with Crippen molar-refractivity contribution >= 4 is 5.82 Å². The number of aromatic nitrogens is 4. The minimum Gasteiger partial charge on any atom is -0.354 e. The van der Waals surface area contributed by atoms with Crippen LogP contribution in [0.1, 0.15) is 31.0 Å². The number of anilines is 1. The lowest BCUT2D eigenvalue weighted by Gasteiger charge is -2.39. The highest BCUT2D eigenvalue weighted by molar-refractivity contribution is 5.61. The first-order chi connectivity index (χ1) is 14.8. The Kier molecular flexibility index (Phi) is 5.49. The molecule has 3 aromatic rings. The molecule has 0 radical (unpaired) electrons. The largest absolute Gasteiger partial charge is 0.354 e. The first kappa shape index (κ1) is 19.2. The van der Waals surface area contributed by atoms with Crippen LogP contribution in [-0.4, -0.2) is 56.9 Å². The fourth-order valence-corrected chi connectivity index (χ4v) is 4.70. The fraction of sp³-hybridized carbons (Fsp3) is 0.458. The first-order valence-corrected chi connectivity index (χ1v) is 11.2. The summed E-state index contributed by atoms with van der Waals surface area (Å²) in [5, 5.41) is 4.33. The molecule has 30 heavy (non-hydrogen) atoms. The molecular weight excluding hydrogens is 372 g/mol. The summed E-state index contributed by atoms with van der Waals surface area (Å²) in [6.07, 6.45) is 8.41. The van der Waals surface area contributed by atoms with Crippen LogP contribution in [0.25, 0.3) is 11.4 Å². The summed E-state index contributed by atoms with van der Waals surface area (Å²) in [5.74, 6) is 2.06. The van der Waals surface area contributed by atoms with Gasteiger partial charge in [0.25, 0.3) is 0 Å². The van der Waals surface area contributed by atoms with E-state index in [1.165, 1.54) is 23.5 Å². The van der Waals surface area contributed by atoms with Crippen LogP contribution in [0, 0.1) is 0 Å². The molecule has 1 aromatic carbocycles. The monoisotopic (exact) mass is 402 g/mol. The van der Waals surface area contributed by atoms with Crippen LogP contribution in [0.5, 0.6) is 0 Å². The number of hydrogen-bond acceptors (Lipinski definition) is 5. The molecule has 1 fully saturated rings. The molecule has 2 aliphatic rings. The Balaban J connectivity index is 1.28. The van der Waals surface area contributed by atoms with Crippen molar-refractivity contribution in [2.24, 2.45) is 0 Å². The third-order valence-corrected chi connectivity index (χ3v) is 6.52. The molecule has 2 aromatic heterocycles. The zero-order valence-corrected chi connectivity index (χ0v) is 17.7. The Morgan fingerprint density at radius 2 is 1.80 bits per heavy atom. The van der Waals surface area contributed by atoms with E-state index in [1.807, 2.05) is 29.2 Å². The summed E-state index contributed by atoms with van der Waals surface area (Å²) in [4.78, 5) is 15.1. The summed E-state index contributed by atoms with van der Waals surface area (Å²) in [6.45, 7) is 7.55. The smallest absolute Gasteiger partial charge is 0.161 e. The van der Waals surface area contributed by atoms with Gasteiger partial charge in [0.1, 0.15) is 5.82 Å². The maximum absolute atomic E-state index is 5.06. The van der Waals surface area contributed by atoms with Crippen molar-refractivity contribution in [1.29, 1.82) is 0 Å². The number of fused-ring (bicyclic) bond motifs is 1. The quantitative estimate of drug-likeness (QED) is 0.632. The van der Waals surface area contributed by atoms with E-state index < -0.39 is 0 Å². The van der Waals surface area contributed by atoms with Crippen LogP contribution in [0.2, 0.25) is 0 Å². The van der Waals surface area contributed by atoms with E-state index in [0.717, 1.165) is 63.4 Å². The number of piperazine rings is 1. The molecule has 0 bridgehead atoms. The van der Waals surface area contributed by atoms with Gasteiger partial charge in [-0.25, -0.2) is 9.97 Å². The molecule has 156 valence electrons. The van der Waals surface area contributed by atoms with Crippen LogP contribution < -0.4 is 4.90 Å². The first-order valence-electron chi connectivity index (χ1n) is 11.2. The lowest BCUT2D eigenvalue weighted by Crippen LogP contribution is -2.50. The van der Waals surface area contributed by atoms with Gasteiger partial charge in [-0.15, -0.1) is 0 Å². The van der Waals surface area contributed by atoms with E-state index in [-0.39, 0.29) is 0 Å². The zero-order valence-electron chi connectivity index (χ0n) is 17.7. The van der Waals surface area contributed by atoms with Crippen molar-refractivity contribution in [3.63, 3.8) is 0 Å². The van der Waals surface area contributed by atoms with Crippen LogP contribution in [-0.2, 0) is 19.4 Å². The Morgan fingerprint density at radius 1 is 0.967 bits per heavy atom. The molecule has 3 heterocycles. The Morgan fingerprint density at radius 3 is 2.57 bits per heavy atom. The summed E-state index contributed by atoms with van der Waals surface area (Å²) < 4.78 is 2.03. The molecule has 6 heteroatoms.